The highest BCUT2D eigenvalue weighted by molar-refractivity contribution is 5.66. The van der Waals surface area contributed by atoms with Gasteiger partial charge in [-0.05, 0) is 24.5 Å². The maximum Gasteiger partial charge on any atom is 0.303 e. The van der Waals surface area contributed by atoms with Gasteiger partial charge in [-0.25, -0.2) is 0 Å². The van der Waals surface area contributed by atoms with E-state index in [1.807, 2.05) is 12.1 Å². The van der Waals surface area contributed by atoms with Gasteiger partial charge in [0, 0.05) is 24.1 Å². The molecule has 0 amide bonds. The summed E-state index contributed by atoms with van der Waals surface area (Å²) in [4.78, 5) is 10.5. The number of aliphatic carboxylic acids is 1. The highest BCUT2D eigenvalue weighted by Gasteiger charge is 2.33. The summed E-state index contributed by atoms with van der Waals surface area (Å²) in [5.41, 5.74) is 2.60. The number of anilines is 1. The summed E-state index contributed by atoms with van der Waals surface area (Å²) in [6.07, 6.45) is 1.92. The third-order valence-corrected chi connectivity index (χ3v) is 3.37. The van der Waals surface area contributed by atoms with Crippen LogP contribution < -0.4 is 5.32 Å². The van der Waals surface area contributed by atoms with E-state index in [1.54, 1.807) is 0 Å². The molecule has 0 radical (unpaired) electrons. The monoisotopic (exact) mass is 219 g/mol. The molecule has 1 heterocycles. The lowest BCUT2D eigenvalue weighted by Gasteiger charge is -2.23. The van der Waals surface area contributed by atoms with Crippen LogP contribution in [0.2, 0.25) is 0 Å². The number of carboxylic acids is 1. The summed E-state index contributed by atoms with van der Waals surface area (Å²) in [6, 6.07) is 8.28. The zero-order chi connectivity index (χ0) is 11.6. The standard InChI is InChI=1S/C13H17NO2/c1-13(8-4-7-12(15)16)9-14-11-6-3-2-5-10(11)13/h2-3,5-6,14H,4,7-9H2,1H3,(H,15,16). The minimum atomic E-state index is -0.706. The van der Waals surface area contributed by atoms with Crippen LogP contribution in [0.4, 0.5) is 5.69 Å². The average Bonchev–Trinajstić information content (AvgIpc) is 2.57. The maximum absolute atomic E-state index is 10.5. The van der Waals surface area contributed by atoms with Crippen LogP contribution in [-0.4, -0.2) is 17.6 Å². The molecule has 86 valence electrons. The summed E-state index contributed by atoms with van der Waals surface area (Å²) < 4.78 is 0. The van der Waals surface area contributed by atoms with Crippen molar-refractivity contribution in [3.63, 3.8) is 0 Å². The predicted octanol–water partition coefficient (Wildman–Crippen LogP) is 2.62. The Morgan fingerprint density at radius 2 is 2.25 bits per heavy atom. The Labute approximate surface area is 95.5 Å². The summed E-state index contributed by atoms with van der Waals surface area (Å²) in [6.45, 7) is 3.11. The summed E-state index contributed by atoms with van der Waals surface area (Å²) >= 11 is 0. The smallest absolute Gasteiger partial charge is 0.303 e. The zero-order valence-electron chi connectivity index (χ0n) is 9.49. The van der Waals surface area contributed by atoms with Gasteiger partial charge in [0.05, 0.1) is 0 Å². The predicted molar refractivity (Wildman–Crippen MR) is 63.8 cm³/mol. The van der Waals surface area contributed by atoms with Crippen molar-refractivity contribution in [2.24, 2.45) is 0 Å². The molecule has 2 rings (SSSR count). The highest BCUT2D eigenvalue weighted by atomic mass is 16.4. The second-order valence-electron chi connectivity index (χ2n) is 4.71. The van der Waals surface area contributed by atoms with Gasteiger partial charge in [0.1, 0.15) is 0 Å². The van der Waals surface area contributed by atoms with Gasteiger partial charge >= 0.3 is 5.97 Å². The molecule has 0 spiro atoms. The van der Waals surface area contributed by atoms with Crippen molar-refractivity contribution < 1.29 is 9.90 Å². The number of fused-ring (bicyclic) bond motifs is 1. The highest BCUT2D eigenvalue weighted by Crippen LogP contribution is 2.39. The van der Waals surface area contributed by atoms with E-state index in [9.17, 15) is 4.79 Å². The Morgan fingerprint density at radius 3 is 3.00 bits per heavy atom. The third-order valence-electron chi connectivity index (χ3n) is 3.37. The number of nitrogens with one attached hydrogen (secondary N) is 1. The lowest BCUT2D eigenvalue weighted by Crippen LogP contribution is -2.24. The molecule has 0 fully saturated rings. The molecule has 0 saturated carbocycles. The Kier molecular flexibility index (Phi) is 2.86. The summed E-state index contributed by atoms with van der Waals surface area (Å²) in [5, 5.41) is 12.0. The molecule has 16 heavy (non-hydrogen) atoms. The van der Waals surface area contributed by atoms with Crippen LogP contribution >= 0.6 is 0 Å². The minimum absolute atomic E-state index is 0.0893. The van der Waals surface area contributed by atoms with Crippen LogP contribution in [0.1, 0.15) is 31.7 Å². The van der Waals surface area contributed by atoms with E-state index >= 15 is 0 Å². The van der Waals surface area contributed by atoms with Gasteiger partial charge in [-0.3, -0.25) is 4.79 Å². The fourth-order valence-corrected chi connectivity index (χ4v) is 2.40. The van der Waals surface area contributed by atoms with Crippen LogP contribution in [0.3, 0.4) is 0 Å². The first-order chi connectivity index (χ1) is 7.62. The second-order valence-corrected chi connectivity index (χ2v) is 4.71. The molecule has 1 aliphatic heterocycles. The molecule has 1 aromatic carbocycles. The van der Waals surface area contributed by atoms with Gasteiger partial charge in [0.15, 0.2) is 0 Å². The first kappa shape index (κ1) is 11.0. The number of carboxylic acid groups (broad SMARTS) is 1. The molecule has 0 aliphatic carbocycles. The quantitative estimate of drug-likeness (QED) is 0.818. The van der Waals surface area contributed by atoms with Crippen molar-refractivity contribution in [1.29, 1.82) is 0 Å². The number of benzene rings is 1. The van der Waals surface area contributed by atoms with Gasteiger partial charge in [-0.2, -0.15) is 0 Å². The normalized spacial score (nSPS) is 22.6. The molecule has 0 bridgehead atoms. The first-order valence-corrected chi connectivity index (χ1v) is 5.67. The molecule has 1 unspecified atom stereocenters. The van der Waals surface area contributed by atoms with Crippen molar-refractivity contribution in [3.8, 4) is 0 Å². The Morgan fingerprint density at radius 1 is 1.50 bits per heavy atom. The van der Waals surface area contributed by atoms with Gasteiger partial charge in [0.25, 0.3) is 0 Å². The van der Waals surface area contributed by atoms with E-state index in [0.29, 0.717) is 0 Å². The van der Waals surface area contributed by atoms with Gasteiger partial charge in [-0.1, -0.05) is 25.1 Å². The van der Waals surface area contributed by atoms with Crippen LogP contribution in [0.15, 0.2) is 24.3 Å². The largest absolute Gasteiger partial charge is 0.481 e. The van der Waals surface area contributed by atoms with Crippen LogP contribution in [0, 0.1) is 0 Å². The van der Waals surface area contributed by atoms with Gasteiger partial charge in [-0.15, -0.1) is 0 Å². The number of carbonyl (C=O) groups is 1. The zero-order valence-corrected chi connectivity index (χ0v) is 9.49. The number of rotatable bonds is 4. The van der Waals surface area contributed by atoms with Crippen LogP contribution in [0.5, 0.6) is 0 Å². The van der Waals surface area contributed by atoms with Crippen molar-refractivity contribution >= 4 is 11.7 Å². The van der Waals surface area contributed by atoms with E-state index in [2.05, 4.69) is 24.4 Å². The average molecular weight is 219 g/mol. The van der Waals surface area contributed by atoms with Gasteiger partial charge in [0.2, 0.25) is 0 Å². The second kappa shape index (κ2) is 4.16. The number of hydrogen-bond acceptors (Lipinski definition) is 2. The van der Waals surface area contributed by atoms with E-state index < -0.39 is 5.97 Å². The number of hydrogen-bond donors (Lipinski definition) is 2. The topological polar surface area (TPSA) is 49.3 Å². The Bertz CT molecular complexity index is 403. The third kappa shape index (κ3) is 2.03. The molecule has 0 saturated heterocycles. The van der Waals surface area contributed by atoms with Crippen LogP contribution in [0.25, 0.3) is 0 Å². The van der Waals surface area contributed by atoms with E-state index in [0.717, 1.165) is 19.4 Å². The summed E-state index contributed by atoms with van der Waals surface area (Å²) in [5.74, 6) is -0.706. The lowest BCUT2D eigenvalue weighted by atomic mass is 9.80. The van der Waals surface area contributed by atoms with Crippen molar-refractivity contribution in [1.82, 2.24) is 0 Å². The first-order valence-electron chi connectivity index (χ1n) is 5.67. The molecule has 0 aromatic heterocycles. The van der Waals surface area contributed by atoms with E-state index in [1.165, 1.54) is 11.3 Å². The molecular formula is C13H17NO2. The van der Waals surface area contributed by atoms with E-state index in [-0.39, 0.29) is 11.8 Å². The Balaban J connectivity index is 2.07. The fraction of sp³-hybridized carbons (Fsp3) is 0.462. The van der Waals surface area contributed by atoms with Gasteiger partial charge < -0.3 is 10.4 Å². The molecule has 1 aromatic rings. The Hall–Kier alpha value is -1.51. The van der Waals surface area contributed by atoms with Crippen molar-refractivity contribution in [3.05, 3.63) is 29.8 Å². The molecule has 3 heteroatoms. The van der Waals surface area contributed by atoms with Crippen molar-refractivity contribution in [2.45, 2.75) is 31.6 Å². The molecule has 1 aliphatic rings. The molecule has 3 nitrogen and oxygen atoms in total. The summed E-state index contributed by atoms with van der Waals surface area (Å²) in [7, 11) is 0. The molecule has 2 N–H and O–H groups in total. The lowest BCUT2D eigenvalue weighted by molar-refractivity contribution is -0.137. The minimum Gasteiger partial charge on any atom is -0.481 e. The molecule has 1 atom stereocenters. The fourth-order valence-electron chi connectivity index (χ4n) is 2.40. The van der Waals surface area contributed by atoms with E-state index in [4.69, 9.17) is 5.11 Å². The van der Waals surface area contributed by atoms with Crippen LogP contribution in [-0.2, 0) is 10.2 Å². The maximum atomic E-state index is 10.5. The SMILES string of the molecule is CC1(CCCC(=O)O)CNc2ccccc21. The van der Waals surface area contributed by atoms with Crippen molar-refractivity contribution in [2.75, 3.05) is 11.9 Å². The molecular weight excluding hydrogens is 202 g/mol. The number of para-hydroxylation sites is 1.